The van der Waals surface area contributed by atoms with E-state index in [1.165, 1.54) is 12.1 Å². The van der Waals surface area contributed by atoms with Gasteiger partial charge < -0.3 is 9.84 Å². The first-order valence-electron chi connectivity index (χ1n) is 6.21. The van der Waals surface area contributed by atoms with Gasteiger partial charge in [-0.05, 0) is 35.4 Å². The Balaban J connectivity index is 1.93. The number of hydrogen-bond acceptors (Lipinski definition) is 3. The molecule has 0 saturated carbocycles. The number of aliphatic hydroxyl groups excluding tert-OH is 1. The lowest BCUT2D eigenvalue weighted by Gasteiger charge is -2.13. The summed E-state index contributed by atoms with van der Waals surface area (Å²) in [5, 5.41) is 18.5. The lowest BCUT2D eigenvalue weighted by Crippen LogP contribution is -2.09. The van der Waals surface area contributed by atoms with Gasteiger partial charge in [0.2, 0.25) is 0 Å². The molecule has 0 amide bonds. The standard InChI is InChI=1S/C16H14FNO2/c17-14-3-1-2-13(10-14)16(19)11-20-15-6-4-12(5-7-15)8-9-18/h1-7,10,16,19H,8,11H2. The van der Waals surface area contributed by atoms with E-state index in [4.69, 9.17) is 10.00 Å². The fraction of sp³-hybridized carbons (Fsp3) is 0.188. The Morgan fingerprint density at radius 3 is 2.60 bits per heavy atom. The molecule has 20 heavy (non-hydrogen) atoms. The lowest BCUT2D eigenvalue weighted by molar-refractivity contribution is 0.108. The number of ether oxygens (including phenoxy) is 1. The predicted molar refractivity (Wildman–Crippen MR) is 72.6 cm³/mol. The van der Waals surface area contributed by atoms with Gasteiger partial charge in [0.15, 0.2) is 0 Å². The maximum absolute atomic E-state index is 13.0. The van der Waals surface area contributed by atoms with Crippen molar-refractivity contribution in [2.24, 2.45) is 0 Å². The summed E-state index contributed by atoms with van der Waals surface area (Å²) in [5.41, 5.74) is 1.39. The topological polar surface area (TPSA) is 53.2 Å². The van der Waals surface area contributed by atoms with Gasteiger partial charge in [0.1, 0.15) is 24.3 Å². The maximum atomic E-state index is 13.0. The normalized spacial score (nSPS) is 11.7. The van der Waals surface area contributed by atoms with E-state index in [-0.39, 0.29) is 12.4 Å². The zero-order valence-corrected chi connectivity index (χ0v) is 10.8. The number of rotatable bonds is 5. The van der Waals surface area contributed by atoms with Crippen molar-refractivity contribution >= 4 is 0 Å². The molecule has 0 aliphatic rings. The van der Waals surface area contributed by atoms with Crippen molar-refractivity contribution in [3.63, 3.8) is 0 Å². The Kier molecular flexibility index (Phi) is 4.70. The quantitative estimate of drug-likeness (QED) is 0.909. The number of nitriles is 1. The Morgan fingerprint density at radius 1 is 1.20 bits per heavy atom. The van der Waals surface area contributed by atoms with Crippen LogP contribution in [0.15, 0.2) is 48.5 Å². The molecule has 0 fully saturated rings. The van der Waals surface area contributed by atoms with E-state index in [2.05, 4.69) is 6.07 Å². The molecule has 1 unspecified atom stereocenters. The van der Waals surface area contributed by atoms with E-state index in [0.717, 1.165) is 5.56 Å². The van der Waals surface area contributed by atoms with Crippen molar-refractivity contribution in [2.75, 3.05) is 6.61 Å². The third-order valence-electron chi connectivity index (χ3n) is 2.85. The second-order valence-electron chi connectivity index (χ2n) is 4.36. The van der Waals surface area contributed by atoms with Crippen LogP contribution < -0.4 is 4.74 Å². The predicted octanol–water partition coefficient (Wildman–Crippen LogP) is 3.00. The van der Waals surface area contributed by atoms with Crippen LogP contribution in [0.25, 0.3) is 0 Å². The molecule has 102 valence electrons. The molecule has 2 aromatic rings. The van der Waals surface area contributed by atoms with Gasteiger partial charge in [-0.2, -0.15) is 5.26 Å². The van der Waals surface area contributed by atoms with E-state index in [1.807, 2.05) is 0 Å². The second-order valence-corrected chi connectivity index (χ2v) is 4.36. The molecule has 0 saturated heterocycles. The summed E-state index contributed by atoms with van der Waals surface area (Å²) in [6.45, 7) is 0.0427. The molecule has 1 atom stereocenters. The molecule has 0 radical (unpaired) electrons. The van der Waals surface area contributed by atoms with E-state index < -0.39 is 6.10 Å². The molecular weight excluding hydrogens is 257 g/mol. The first-order valence-corrected chi connectivity index (χ1v) is 6.21. The Bertz CT molecular complexity index is 605. The molecule has 0 spiro atoms. The highest BCUT2D eigenvalue weighted by molar-refractivity contribution is 5.29. The summed E-state index contributed by atoms with van der Waals surface area (Å²) in [6, 6.07) is 14.9. The summed E-state index contributed by atoms with van der Waals surface area (Å²) in [4.78, 5) is 0. The maximum Gasteiger partial charge on any atom is 0.123 e. The van der Waals surface area contributed by atoms with Gasteiger partial charge >= 0.3 is 0 Å². The van der Waals surface area contributed by atoms with Crippen LogP contribution in [0.1, 0.15) is 17.2 Å². The summed E-state index contributed by atoms with van der Waals surface area (Å²) in [5.74, 6) is 0.213. The SMILES string of the molecule is N#CCc1ccc(OCC(O)c2cccc(F)c2)cc1. The van der Waals surface area contributed by atoms with Crippen LogP contribution in [0.3, 0.4) is 0 Å². The van der Waals surface area contributed by atoms with E-state index in [9.17, 15) is 9.50 Å². The minimum atomic E-state index is -0.885. The minimum Gasteiger partial charge on any atom is -0.491 e. The van der Waals surface area contributed by atoms with E-state index in [0.29, 0.717) is 17.7 Å². The summed E-state index contributed by atoms with van der Waals surface area (Å²) in [7, 11) is 0. The molecular formula is C16H14FNO2. The van der Waals surface area contributed by atoms with Crippen molar-refractivity contribution in [3.05, 3.63) is 65.5 Å². The third-order valence-corrected chi connectivity index (χ3v) is 2.85. The summed E-state index contributed by atoms with van der Waals surface area (Å²) in [6.07, 6.45) is -0.531. The molecule has 0 bridgehead atoms. The fourth-order valence-electron chi connectivity index (χ4n) is 1.78. The highest BCUT2D eigenvalue weighted by Gasteiger charge is 2.09. The van der Waals surface area contributed by atoms with Crippen LogP contribution in [0, 0.1) is 17.1 Å². The molecule has 1 N–H and O–H groups in total. The minimum absolute atomic E-state index is 0.0427. The van der Waals surface area contributed by atoms with Gasteiger partial charge in [0, 0.05) is 0 Å². The fourth-order valence-corrected chi connectivity index (χ4v) is 1.78. The van der Waals surface area contributed by atoms with Crippen LogP contribution in [-0.2, 0) is 6.42 Å². The smallest absolute Gasteiger partial charge is 0.123 e. The number of halogens is 1. The first-order chi connectivity index (χ1) is 9.69. The van der Waals surface area contributed by atoms with Crippen LogP contribution >= 0.6 is 0 Å². The van der Waals surface area contributed by atoms with Gasteiger partial charge in [-0.3, -0.25) is 0 Å². The lowest BCUT2D eigenvalue weighted by atomic mass is 10.1. The molecule has 0 aliphatic carbocycles. The molecule has 0 aromatic heterocycles. The molecule has 2 aromatic carbocycles. The molecule has 0 heterocycles. The van der Waals surface area contributed by atoms with Crippen LogP contribution in [-0.4, -0.2) is 11.7 Å². The van der Waals surface area contributed by atoms with Crippen LogP contribution in [0.2, 0.25) is 0 Å². The largest absolute Gasteiger partial charge is 0.491 e. The van der Waals surface area contributed by atoms with Gasteiger partial charge in [0.25, 0.3) is 0 Å². The second kappa shape index (κ2) is 6.69. The molecule has 0 aliphatic heterocycles. The zero-order valence-electron chi connectivity index (χ0n) is 10.8. The van der Waals surface area contributed by atoms with Crippen LogP contribution in [0.5, 0.6) is 5.75 Å². The number of nitrogens with zero attached hydrogens (tertiary/aromatic N) is 1. The van der Waals surface area contributed by atoms with Crippen LogP contribution in [0.4, 0.5) is 4.39 Å². The Labute approximate surface area is 116 Å². The zero-order chi connectivity index (χ0) is 14.4. The summed E-state index contributed by atoms with van der Waals surface area (Å²) < 4.78 is 18.5. The van der Waals surface area contributed by atoms with E-state index >= 15 is 0 Å². The van der Waals surface area contributed by atoms with Gasteiger partial charge in [0.05, 0.1) is 12.5 Å². The number of hydrogen-bond donors (Lipinski definition) is 1. The Hall–Kier alpha value is -2.38. The van der Waals surface area contributed by atoms with Crippen molar-refractivity contribution < 1.29 is 14.2 Å². The van der Waals surface area contributed by atoms with Gasteiger partial charge in [-0.1, -0.05) is 24.3 Å². The molecule has 4 heteroatoms. The monoisotopic (exact) mass is 271 g/mol. The highest BCUT2D eigenvalue weighted by Crippen LogP contribution is 2.18. The molecule has 3 nitrogen and oxygen atoms in total. The van der Waals surface area contributed by atoms with Crippen molar-refractivity contribution in [1.29, 1.82) is 5.26 Å². The third kappa shape index (κ3) is 3.81. The van der Waals surface area contributed by atoms with Crippen molar-refractivity contribution in [1.82, 2.24) is 0 Å². The van der Waals surface area contributed by atoms with Crippen molar-refractivity contribution in [3.8, 4) is 11.8 Å². The number of benzene rings is 2. The summed E-state index contributed by atoms with van der Waals surface area (Å²) >= 11 is 0. The first kappa shape index (κ1) is 14.0. The van der Waals surface area contributed by atoms with E-state index in [1.54, 1.807) is 36.4 Å². The van der Waals surface area contributed by atoms with Gasteiger partial charge in [-0.15, -0.1) is 0 Å². The van der Waals surface area contributed by atoms with Crippen molar-refractivity contribution in [2.45, 2.75) is 12.5 Å². The van der Waals surface area contributed by atoms with Gasteiger partial charge in [-0.25, -0.2) is 4.39 Å². The average molecular weight is 271 g/mol. The number of aliphatic hydroxyl groups is 1. The molecule has 2 rings (SSSR count). The highest BCUT2D eigenvalue weighted by atomic mass is 19.1. The Morgan fingerprint density at radius 2 is 1.95 bits per heavy atom. The average Bonchev–Trinajstić information content (AvgIpc) is 2.46.